The molecule has 0 aromatic heterocycles. The van der Waals surface area contributed by atoms with Crippen LogP contribution in [0.1, 0.15) is 31.2 Å². The van der Waals surface area contributed by atoms with E-state index in [-0.39, 0.29) is 0 Å². The van der Waals surface area contributed by atoms with Crippen molar-refractivity contribution in [1.82, 2.24) is 4.90 Å². The molecule has 18 heavy (non-hydrogen) atoms. The van der Waals surface area contributed by atoms with Crippen LogP contribution in [0.3, 0.4) is 0 Å². The van der Waals surface area contributed by atoms with E-state index in [0.29, 0.717) is 5.92 Å². The van der Waals surface area contributed by atoms with E-state index >= 15 is 0 Å². The van der Waals surface area contributed by atoms with E-state index in [4.69, 9.17) is 6.42 Å². The van der Waals surface area contributed by atoms with Crippen LogP contribution < -0.4 is 5.32 Å². The minimum absolute atomic E-state index is 0.613. The van der Waals surface area contributed by atoms with Crippen molar-refractivity contribution in [2.75, 3.05) is 31.5 Å². The molecule has 96 valence electrons. The highest BCUT2D eigenvalue weighted by molar-refractivity contribution is 5.54. The number of terminal acetylenes is 1. The third-order valence-corrected chi connectivity index (χ3v) is 3.54. The Kier molecular flexibility index (Phi) is 4.66. The molecule has 1 aliphatic rings. The molecular weight excluding hydrogens is 220 g/mol. The lowest BCUT2D eigenvalue weighted by molar-refractivity contribution is 0.281. The van der Waals surface area contributed by atoms with Crippen LogP contribution in [0.2, 0.25) is 0 Å². The predicted molar refractivity (Wildman–Crippen MR) is 77.9 cm³/mol. The van der Waals surface area contributed by atoms with Crippen molar-refractivity contribution in [3.05, 3.63) is 29.8 Å². The molecule has 0 saturated carbocycles. The molecule has 1 aromatic rings. The van der Waals surface area contributed by atoms with Crippen molar-refractivity contribution in [2.45, 2.75) is 25.7 Å². The first-order valence-electron chi connectivity index (χ1n) is 6.83. The van der Waals surface area contributed by atoms with Gasteiger partial charge in [0.2, 0.25) is 0 Å². The van der Waals surface area contributed by atoms with Crippen LogP contribution in [0.4, 0.5) is 5.69 Å². The predicted octanol–water partition coefficient (Wildman–Crippen LogP) is 2.93. The monoisotopic (exact) mass is 242 g/mol. The Bertz CT molecular complexity index is 419. The standard InChI is InChI=1S/C16H22N2/c1-3-11-18(12-4-2)13-14-9-10-17-16-8-6-5-7-15(14)16/h1,5-8,14,17H,4,9-13H2,2H3. The zero-order valence-corrected chi connectivity index (χ0v) is 11.2. The van der Waals surface area contributed by atoms with E-state index in [1.807, 2.05) is 0 Å². The molecule has 2 rings (SSSR count). The Hall–Kier alpha value is -1.46. The quantitative estimate of drug-likeness (QED) is 0.799. The first-order chi connectivity index (χ1) is 8.85. The summed E-state index contributed by atoms with van der Waals surface area (Å²) in [6.45, 7) is 6.21. The Morgan fingerprint density at radius 3 is 3.06 bits per heavy atom. The number of rotatable bonds is 5. The van der Waals surface area contributed by atoms with Gasteiger partial charge < -0.3 is 5.32 Å². The summed E-state index contributed by atoms with van der Waals surface area (Å²) in [6, 6.07) is 8.64. The minimum Gasteiger partial charge on any atom is -0.385 e. The zero-order valence-electron chi connectivity index (χ0n) is 11.2. The number of nitrogens with one attached hydrogen (secondary N) is 1. The molecule has 1 aliphatic heterocycles. The van der Waals surface area contributed by atoms with Crippen LogP contribution in [0, 0.1) is 12.3 Å². The van der Waals surface area contributed by atoms with Gasteiger partial charge in [-0.15, -0.1) is 6.42 Å². The second-order valence-corrected chi connectivity index (χ2v) is 4.94. The van der Waals surface area contributed by atoms with Crippen molar-refractivity contribution in [3.8, 4) is 12.3 Å². The van der Waals surface area contributed by atoms with Gasteiger partial charge in [-0.3, -0.25) is 4.90 Å². The van der Waals surface area contributed by atoms with Crippen LogP contribution in [0.5, 0.6) is 0 Å². The molecule has 0 saturated heterocycles. The van der Waals surface area contributed by atoms with Crippen molar-refractivity contribution in [2.24, 2.45) is 0 Å². The number of hydrogen-bond donors (Lipinski definition) is 1. The van der Waals surface area contributed by atoms with Crippen LogP contribution in [0.25, 0.3) is 0 Å². The van der Waals surface area contributed by atoms with Gasteiger partial charge >= 0.3 is 0 Å². The second-order valence-electron chi connectivity index (χ2n) is 4.94. The summed E-state index contributed by atoms with van der Waals surface area (Å²) in [7, 11) is 0. The Balaban J connectivity index is 2.08. The summed E-state index contributed by atoms with van der Waals surface area (Å²) >= 11 is 0. The van der Waals surface area contributed by atoms with Gasteiger partial charge in [0.15, 0.2) is 0 Å². The molecule has 0 aliphatic carbocycles. The summed E-state index contributed by atoms with van der Waals surface area (Å²) in [5, 5.41) is 3.47. The molecule has 0 fully saturated rings. The maximum Gasteiger partial charge on any atom is 0.0599 e. The van der Waals surface area contributed by atoms with E-state index in [0.717, 1.165) is 32.6 Å². The van der Waals surface area contributed by atoms with Gasteiger partial charge in [0.25, 0.3) is 0 Å². The van der Waals surface area contributed by atoms with Gasteiger partial charge in [0.1, 0.15) is 0 Å². The van der Waals surface area contributed by atoms with Gasteiger partial charge in [0, 0.05) is 24.7 Å². The van der Waals surface area contributed by atoms with Gasteiger partial charge in [-0.25, -0.2) is 0 Å². The number of nitrogens with zero attached hydrogens (tertiary/aromatic N) is 1. The van der Waals surface area contributed by atoms with Crippen molar-refractivity contribution in [3.63, 3.8) is 0 Å². The highest BCUT2D eigenvalue weighted by atomic mass is 15.1. The molecule has 2 heteroatoms. The Morgan fingerprint density at radius 1 is 1.44 bits per heavy atom. The minimum atomic E-state index is 0.613. The number of benzene rings is 1. The molecular formula is C16H22N2. The Labute approximate surface area is 110 Å². The molecule has 1 N–H and O–H groups in total. The number of anilines is 1. The summed E-state index contributed by atoms with van der Waals surface area (Å²) in [6.07, 6.45) is 7.81. The fourth-order valence-corrected chi connectivity index (χ4v) is 2.73. The molecule has 2 nitrogen and oxygen atoms in total. The lowest BCUT2D eigenvalue weighted by Gasteiger charge is -2.31. The fourth-order valence-electron chi connectivity index (χ4n) is 2.73. The fraction of sp³-hybridized carbons (Fsp3) is 0.500. The first kappa shape index (κ1) is 13.0. The number of para-hydroxylation sites is 1. The van der Waals surface area contributed by atoms with E-state index < -0.39 is 0 Å². The summed E-state index contributed by atoms with van der Waals surface area (Å²) in [4.78, 5) is 2.40. The smallest absolute Gasteiger partial charge is 0.0599 e. The van der Waals surface area contributed by atoms with Crippen LogP contribution in [-0.2, 0) is 0 Å². The van der Waals surface area contributed by atoms with Gasteiger partial charge in [-0.2, -0.15) is 0 Å². The molecule has 1 aromatic carbocycles. The lowest BCUT2D eigenvalue weighted by Crippen LogP contribution is -2.32. The molecule has 1 unspecified atom stereocenters. The molecule has 1 heterocycles. The largest absolute Gasteiger partial charge is 0.385 e. The first-order valence-corrected chi connectivity index (χ1v) is 6.83. The third kappa shape index (κ3) is 3.05. The topological polar surface area (TPSA) is 15.3 Å². The molecule has 1 atom stereocenters. The van der Waals surface area contributed by atoms with Crippen LogP contribution in [-0.4, -0.2) is 31.1 Å². The third-order valence-electron chi connectivity index (χ3n) is 3.54. The molecule has 0 bridgehead atoms. The Morgan fingerprint density at radius 2 is 2.28 bits per heavy atom. The zero-order chi connectivity index (χ0) is 12.8. The van der Waals surface area contributed by atoms with Crippen molar-refractivity contribution < 1.29 is 0 Å². The number of hydrogen-bond acceptors (Lipinski definition) is 2. The highest BCUT2D eigenvalue weighted by Crippen LogP contribution is 2.31. The van der Waals surface area contributed by atoms with Crippen LogP contribution in [0.15, 0.2) is 24.3 Å². The van der Waals surface area contributed by atoms with Gasteiger partial charge in [0.05, 0.1) is 6.54 Å². The highest BCUT2D eigenvalue weighted by Gasteiger charge is 2.21. The normalized spacial score (nSPS) is 17.9. The summed E-state index contributed by atoms with van der Waals surface area (Å²) in [5.74, 6) is 3.39. The lowest BCUT2D eigenvalue weighted by atomic mass is 9.90. The molecule has 0 radical (unpaired) electrons. The van der Waals surface area contributed by atoms with E-state index in [1.54, 1.807) is 0 Å². The average Bonchev–Trinajstić information content (AvgIpc) is 2.40. The van der Waals surface area contributed by atoms with Crippen molar-refractivity contribution in [1.29, 1.82) is 0 Å². The maximum absolute atomic E-state index is 5.46. The van der Waals surface area contributed by atoms with Crippen LogP contribution >= 0.6 is 0 Å². The summed E-state index contributed by atoms with van der Waals surface area (Å²) in [5.41, 5.74) is 2.74. The SMILES string of the molecule is C#CCN(CCC)CC1CCNc2ccccc21. The van der Waals surface area contributed by atoms with Gasteiger partial charge in [-0.1, -0.05) is 31.0 Å². The summed E-state index contributed by atoms with van der Waals surface area (Å²) < 4.78 is 0. The van der Waals surface area contributed by atoms with E-state index in [9.17, 15) is 0 Å². The van der Waals surface area contributed by atoms with Crippen molar-refractivity contribution >= 4 is 5.69 Å². The molecule has 0 spiro atoms. The molecule has 0 amide bonds. The van der Waals surface area contributed by atoms with Gasteiger partial charge in [-0.05, 0) is 31.0 Å². The van der Waals surface area contributed by atoms with E-state index in [2.05, 4.69) is 47.3 Å². The maximum atomic E-state index is 5.46. The number of fused-ring (bicyclic) bond motifs is 1. The van der Waals surface area contributed by atoms with E-state index in [1.165, 1.54) is 17.7 Å². The second kappa shape index (κ2) is 6.47. The average molecular weight is 242 g/mol.